The highest BCUT2D eigenvalue weighted by atomic mass is 35.5. The highest BCUT2D eigenvalue weighted by Crippen LogP contribution is 2.27. The minimum Gasteiger partial charge on any atom is -0.334 e. The van der Waals surface area contributed by atoms with Crippen molar-refractivity contribution >= 4 is 11.6 Å². The maximum Gasteiger partial charge on any atom is 0.257 e. The Morgan fingerprint density at radius 2 is 2.32 bits per heavy atom. The first-order valence-electron chi connectivity index (χ1n) is 6.55. The van der Waals surface area contributed by atoms with Crippen LogP contribution in [0.25, 0.3) is 11.5 Å². The monoisotopic (exact) mass is 277 g/mol. The van der Waals surface area contributed by atoms with Gasteiger partial charge in [0.05, 0.1) is 0 Å². The van der Waals surface area contributed by atoms with Crippen LogP contribution in [0.4, 0.5) is 0 Å². The number of aryl methyl sites for hydroxylation is 1. The van der Waals surface area contributed by atoms with Crippen LogP contribution in [0.15, 0.2) is 22.7 Å². The summed E-state index contributed by atoms with van der Waals surface area (Å²) in [4.78, 5) is 4.50. The van der Waals surface area contributed by atoms with E-state index in [0.717, 1.165) is 47.9 Å². The average molecular weight is 278 g/mol. The van der Waals surface area contributed by atoms with Crippen LogP contribution >= 0.6 is 11.6 Å². The van der Waals surface area contributed by atoms with E-state index in [4.69, 9.17) is 16.1 Å². The van der Waals surface area contributed by atoms with Crippen molar-refractivity contribution < 1.29 is 4.52 Å². The van der Waals surface area contributed by atoms with E-state index in [1.807, 2.05) is 25.1 Å². The minimum atomic E-state index is 0.354. The van der Waals surface area contributed by atoms with Gasteiger partial charge in [-0.25, -0.2) is 0 Å². The first-order valence-corrected chi connectivity index (χ1v) is 6.92. The summed E-state index contributed by atoms with van der Waals surface area (Å²) >= 11 is 6.12. The molecule has 0 bridgehead atoms. The second-order valence-electron chi connectivity index (χ2n) is 4.96. The summed E-state index contributed by atoms with van der Waals surface area (Å²) in [5, 5.41) is 8.17. The van der Waals surface area contributed by atoms with Crippen LogP contribution in [0.2, 0.25) is 5.02 Å². The number of hydrogen-bond acceptors (Lipinski definition) is 4. The van der Waals surface area contributed by atoms with E-state index in [1.54, 1.807) is 0 Å². The third-order valence-corrected chi connectivity index (χ3v) is 3.93. The third-order valence-electron chi connectivity index (χ3n) is 3.52. The molecule has 5 heteroatoms. The molecule has 2 aromatic rings. The van der Waals surface area contributed by atoms with Gasteiger partial charge in [-0.3, -0.25) is 0 Å². The van der Waals surface area contributed by atoms with Gasteiger partial charge in [0.15, 0.2) is 5.82 Å². The molecule has 1 fully saturated rings. The molecule has 1 aliphatic heterocycles. The molecule has 1 saturated heterocycles. The molecule has 4 nitrogen and oxygen atoms in total. The fourth-order valence-corrected chi connectivity index (χ4v) is 2.50. The van der Waals surface area contributed by atoms with Gasteiger partial charge < -0.3 is 9.84 Å². The Morgan fingerprint density at radius 3 is 3.05 bits per heavy atom. The average Bonchev–Trinajstić information content (AvgIpc) is 2.93. The van der Waals surface area contributed by atoms with Crippen LogP contribution in [0, 0.1) is 6.92 Å². The van der Waals surface area contributed by atoms with Crippen molar-refractivity contribution in [3.8, 4) is 11.5 Å². The van der Waals surface area contributed by atoms with Gasteiger partial charge >= 0.3 is 0 Å². The molecule has 0 amide bonds. The Balaban J connectivity index is 1.85. The SMILES string of the molecule is Cc1ccc(-c2nc(C3CCCNC3)no2)cc1Cl. The molecular formula is C14H16ClN3O. The van der Waals surface area contributed by atoms with Gasteiger partial charge in [-0.15, -0.1) is 0 Å². The van der Waals surface area contributed by atoms with Crippen LogP contribution in [-0.2, 0) is 0 Å². The molecule has 2 heterocycles. The van der Waals surface area contributed by atoms with Crippen LogP contribution in [0.3, 0.4) is 0 Å². The number of halogens is 1. The normalized spacial score (nSPS) is 19.6. The zero-order valence-electron chi connectivity index (χ0n) is 10.8. The molecule has 1 aromatic carbocycles. The zero-order valence-corrected chi connectivity index (χ0v) is 11.6. The summed E-state index contributed by atoms with van der Waals surface area (Å²) < 4.78 is 5.35. The molecule has 1 aliphatic rings. The quantitative estimate of drug-likeness (QED) is 0.916. The number of rotatable bonds is 2. The molecule has 3 rings (SSSR count). The standard InChI is InChI=1S/C14H16ClN3O/c1-9-4-5-10(7-12(9)15)14-17-13(18-19-14)11-3-2-6-16-8-11/h4-5,7,11,16H,2-3,6,8H2,1H3. The molecule has 100 valence electrons. The Morgan fingerprint density at radius 1 is 1.42 bits per heavy atom. The summed E-state index contributed by atoms with van der Waals surface area (Å²) in [6.45, 7) is 3.97. The van der Waals surface area contributed by atoms with Crippen LogP contribution in [-0.4, -0.2) is 23.2 Å². The van der Waals surface area contributed by atoms with E-state index in [1.165, 1.54) is 0 Å². The van der Waals surface area contributed by atoms with Crippen molar-refractivity contribution in [2.75, 3.05) is 13.1 Å². The van der Waals surface area contributed by atoms with Gasteiger partial charge in [0.25, 0.3) is 5.89 Å². The van der Waals surface area contributed by atoms with Crippen molar-refractivity contribution in [2.45, 2.75) is 25.7 Å². The first-order chi connectivity index (χ1) is 9.24. The molecule has 1 aromatic heterocycles. The molecule has 19 heavy (non-hydrogen) atoms. The lowest BCUT2D eigenvalue weighted by atomic mass is 9.99. The van der Waals surface area contributed by atoms with E-state index in [9.17, 15) is 0 Å². The predicted octanol–water partition coefficient (Wildman–Crippen LogP) is 3.17. The van der Waals surface area contributed by atoms with E-state index in [-0.39, 0.29) is 0 Å². The lowest BCUT2D eigenvalue weighted by Gasteiger charge is -2.19. The van der Waals surface area contributed by atoms with E-state index >= 15 is 0 Å². The van der Waals surface area contributed by atoms with E-state index in [0.29, 0.717) is 11.8 Å². The van der Waals surface area contributed by atoms with Gasteiger partial charge in [0.2, 0.25) is 0 Å². The number of benzene rings is 1. The van der Waals surface area contributed by atoms with Gasteiger partial charge in [-0.05, 0) is 44.0 Å². The van der Waals surface area contributed by atoms with Gasteiger partial charge in [0, 0.05) is 23.0 Å². The number of nitrogens with zero attached hydrogens (tertiary/aromatic N) is 2. The molecule has 0 spiro atoms. The molecular weight excluding hydrogens is 262 g/mol. The summed E-state index contributed by atoms with van der Waals surface area (Å²) in [5.74, 6) is 1.69. The minimum absolute atomic E-state index is 0.354. The first kappa shape index (κ1) is 12.6. The van der Waals surface area contributed by atoms with Crippen LogP contribution in [0.5, 0.6) is 0 Å². The number of piperidine rings is 1. The molecule has 1 N–H and O–H groups in total. The number of aromatic nitrogens is 2. The van der Waals surface area contributed by atoms with Crippen molar-refractivity contribution in [2.24, 2.45) is 0 Å². The van der Waals surface area contributed by atoms with Gasteiger partial charge in [-0.1, -0.05) is 22.8 Å². The number of hydrogen-bond donors (Lipinski definition) is 1. The Kier molecular flexibility index (Phi) is 3.53. The van der Waals surface area contributed by atoms with Gasteiger partial charge in [-0.2, -0.15) is 4.98 Å². The fraction of sp³-hybridized carbons (Fsp3) is 0.429. The Hall–Kier alpha value is -1.39. The van der Waals surface area contributed by atoms with E-state index < -0.39 is 0 Å². The molecule has 0 radical (unpaired) electrons. The maximum absolute atomic E-state index is 6.12. The van der Waals surface area contributed by atoms with Gasteiger partial charge in [0.1, 0.15) is 0 Å². The van der Waals surface area contributed by atoms with Crippen molar-refractivity contribution in [1.29, 1.82) is 0 Å². The lowest BCUT2D eigenvalue weighted by Crippen LogP contribution is -2.28. The highest BCUT2D eigenvalue weighted by molar-refractivity contribution is 6.31. The zero-order chi connectivity index (χ0) is 13.2. The molecule has 1 unspecified atom stereocenters. The smallest absolute Gasteiger partial charge is 0.257 e. The topological polar surface area (TPSA) is 51.0 Å². The summed E-state index contributed by atoms with van der Waals surface area (Å²) in [6, 6.07) is 5.79. The van der Waals surface area contributed by atoms with Crippen molar-refractivity contribution in [3.63, 3.8) is 0 Å². The fourth-order valence-electron chi connectivity index (χ4n) is 2.32. The van der Waals surface area contributed by atoms with E-state index in [2.05, 4.69) is 15.5 Å². The molecule has 0 saturated carbocycles. The molecule has 0 aliphatic carbocycles. The summed E-state index contributed by atoms with van der Waals surface area (Å²) in [6.07, 6.45) is 2.27. The van der Waals surface area contributed by atoms with Crippen LogP contribution in [0.1, 0.15) is 30.1 Å². The summed E-state index contributed by atoms with van der Waals surface area (Å²) in [7, 11) is 0. The number of nitrogens with one attached hydrogen (secondary N) is 1. The molecule has 1 atom stereocenters. The largest absolute Gasteiger partial charge is 0.334 e. The second kappa shape index (κ2) is 5.31. The predicted molar refractivity (Wildman–Crippen MR) is 74.3 cm³/mol. The Labute approximate surface area is 117 Å². The lowest BCUT2D eigenvalue weighted by molar-refractivity contribution is 0.393. The van der Waals surface area contributed by atoms with Crippen molar-refractivity contribution in [3.05, 3.63) is 34.6 Å². The Bertz CT molecular complexity index is 576. The highest BCUT2D eigenvalue weighted by Gasteiger charge is 2.21. The maximum atomic E-state index is 6.12. The van der Waals surface area contributed by atoms with Crippen molar-refractivity contribution in [1.82, 2.24) is 15.5 Å². The summed E-state index contributed by atoms with van der Waals surface area (Å²) in [5.41, 5.74) is 1.92. The third kappa shape index (κ3) is 2.65. The second-order valence-corrected chi connectivity index (χ2v) is 5.37. The van der Waals surface area contributed by atoms with Crippen LogP contribution < -0.4 is 5.32 Å².